The summed E-state index contributed by atoms with van der Waals surface area (Å²) < 4.78 is 7.30. The summed E-state index contributed by atoms with van der Waals surface area (Å²) in [5, 5.41) is 3.43. The fourth-order valence-corrected chi connectivity index (χ4v) is 3.35. The quantitative estimate of drug-likeness (QED) is 0.527. The minimum Gasteiger partial charge on any atom is -0.467 e. The second kappa shape index (κ2) is 7.40. The number of thioether (sulfide) groups is 1. The molecule has 0 bridgehead atoms. The molecule has 0 spiro atoms. The summed E-state index contributed by atoms with van der Waals surface area (Å²) >= 11 is 1.44. The predicted molar refractivity (Wildman–Crippen MR) is 95.8 cm³/mol. The Morgan fingerprint density at radius 1 is 1.42 bits per heavy atom. The molecule has 2 heterocycles. The number of carbonyl (C=O) groups is 1. The van der Waals surface area contributed by atoms with Crippen molar-refractivity contribution in [2.24, 2.45) is 0 Å². The zero-order valence-corrected chi connectivity index (χ0v) is 14.3. The summed E-state index contributed by atoms with van der Waals surface area (Å²) in [6.45, 7) is 6.73. The SMILES string of the molecule is C=CCn1c(S[C@H](C)C(=O)NCc2ccco2)nc2ccccc21. The number of carbonyl (C=O) groups excluding carboxylic acids is 1. The zero-order chi connectivity index (χ0) is 16.9. The van der Waals surface area contributed by atoms with Gasteiger partial charge in [-0.15, -0.1) is 6.58 Å². The van der Waals surface area contributed by atoms with Gasteiger partial charge in [0, 0.05) is 6.54 Å². The third kappa shape index (κ3) is 3.54. The van der Waals surface area contributed by atoms with Gasteiger partial charge in [0.15, 0.2) is 5.16 Å². The molecule has 0 radical (unpaired) electrons. The monoisotopic (exact) mass is 341 g/mol. The minimum absolute atomic E-state index is 0.0476. The van der Waals surface area contributed by atoms with Crippen molar-refractivity contribution in [2.75, 3.05) is 0 Å². The molecule has 5 nitrogen and oxygen atoms in total. The largest absolute Gasteiger partial charge is 0.467 e. The minimum atomic E-state index is -0.264. The highest BCUT2D eigenvalue weighted by atomic mass is 32.2. The molecule has 1 amide bonds. The van der Waals surface area contributed by atoms with Crippen LogP contribution in [0.3, 0.4) is 0 Å². The van der Waals surface area contributed by atoms with Crippen LogP contribution in [0.2, 0.25) is 0 Å². The molecule has 24 heavy (non-hydrogen) atoms. The van der Waals surface area contributed by atoms with Gasteiger partial charge in [-0.25, -0.2) is 4.98 Å². The molecule has 0 aliphatic heterocycles. The number of para-hydroxylation sites is 2. The van der Waals surface area contributed by atoms with E-state index in [1.807, 2.05) is 43.3 Å². The molecule has 3 aromatic rings. The molecule has 124 valence electrons. The van der Waals surface area contributed by atoms with Crippen molar-refractivity contribution in [3.8, 4) is 0 Å². The van der Waals surface area contributed by atoms with Crippen LogP contribution in [-0.4, -0.2) is 20.7 Å². The normalized spacial score (nSPS) is 12.2. The van der Waals surface area contributed by atoms with E-state index >= 15 is 0 Å². The van der Waals surface area contributed by atoms with Crippen molar-refractivity contribution in [2.45, 2.75) is 30.4 Å². The van der Waals surface area contributed by atoms with Crippen LogP contribution in [0.25, 0.3) is 11.0 Å². The van der Waals surface area contributed by atoms with Crippen LogP contribution in [-0.2, 0) is 17.9 Å². The highest BCUT2D eigenvalue weighted by molar-refractivity contribution is 8.00. The molecule has 1 aromatic carbocycles. The van der Waals surface area contributed by atoms with Crippen LogP contribution in [0.15, 0.2) is 64.9 Å². The number of aromatic nitrogens is 2. The molecule has 1 atom stereocenters. The summed E-state index contributed by atoms with van der Waals surface area (Å²) in [7, 11) is 0. The summed E-state index contributed by atoms with van der Waals surface area (Å²) in [6, 6.07) is 11.6. The first kappa shape index (κ1) is 16.4. The van der Waals surface area contributed by atoms with Crippen molar-refractivity contribution >= 4 is 28.7 Å². The van der Waals surface area contributed by atoms with Gasteiger partial charge in [-0.05, 0) is 31.2 Å². The van der Waals surface area contributed by atoms with Gasteiger partial charge in [-0.2, -0.15) is 0 Å². The van der Waals surface area contributed by atoms with Crippen molar-refractivity contribution in [3.05, 3.63) is 61.1 Å². The molecule has 0 fully saturated rings. The number of imidazole rings is 1. The summed E-state index contributed by atoms with van der Waals surface area (Å²) in [5.74, 6) is 0.688. The van der Waals surface area contributed by atoms with Crippen molar-refractivity contribution < 1.29 is 9.21 Å². The van der Waals surface area contributed by atoms with E-state index in [1.165, 1.54) is 11.8 Å². The smallest absolute Gasteiger partial charge is 0.233 e. The average Bonchev–Trinajstić information content (AvgIpc) is 3.21. The topological polar surface area (TPSA) is 60.1 Å². The van der Waals surface area contributed by atoms with E-state index in [1.54, 1.807) is 12.3 Å². The number of allylic oxidation sites excluding steroid dienone is 1. The lowest BCUT2D eigenvalue weighted by molar-refractivity contribution is -0.120. The standard InChI is InChI=1S/C18H19N3O2S/c1-3-10-21-16-9-5-4-8-15(16)20-18(21)24-13(2)17(22)19-12-14-7-6-11-23-14/h3-9,11,13H,1,10,12H2,2H3,(H,19,22)/t13-/m1/s1. The Kier molecular flexibility index (Phi) is 5.05. The summed E-state index contributed by atoms with van der Waals surface area (Å²) in [4.78, 5) is 16.9. The van der Waals surface area contributed by atoms with Gasteiger partial charge in [0.05, 0.1) is 29.1 Å². The Hall–Kier alpha value is -2.47. The summed E-state index contributed by atoms with van der Waals surface area (Å²) in [5.41, 5.74) is 1.97. The van der Waals surface area contributed by atoms with Crippen molar-refractivity contribution in [3.63, 3.8) is 0 Å². The van der Waals surface area contributed by atoms with Gasteiger partial charge in [0.25, 0.3) is 0 Å². The highest BCUT2D eigenvalue weighted by Gasteiger charge is 2.19. The van der Waals surface area contributed by atoms with Gasteiger partial charge in [-0.1, -0.05) is 30.0 Å². The molecule has 0 saturated heterocycles. The third-order valence-electron chi connectivity index (χ3n) is 3.60. The number of furan rings is 1. The fraction of sp³-hybridized carbons (Fsp3) is 0.222. The van der Waals surface area contributed by atoms with E-state index in [9.17, 15) is 4.79 Å². The van der Waals surface area contributed by atoms with Crippen LogP contribution in [0.1, 0.15) is 12.7 Å². The van der Waals surface area contributed by atoms with E-state index in [4.69, 9.17) is 4.42 Å². The van der Waals surface area contributed by atoms with Gasteiger partial charge in [-0.3, -0.25) is 4.79 Å². The Balaban J connectivity index is 1.72. The second-order valence-electron chi connectivity index (χ2n) is 5.34. The Bertz CT molecular complexity index is 839. The molecule has 0 unspecified atom stereocenters. The van der Waals surface area contributed by atoms with E-state index in [-0.39, 0.29) is 11.2 Å². The lowest BCUT2D eigenvalue weighted by atomic mass is 10.3. The van der Waals surface area contributed by atoms with E-state index in [0.717, 1.165) is 22.0 Å². The number of hydrogen-bond donors (Lipinski definition) is 1. The maximum absolute atomic E-state index is 12.3. The molecule has 0 aliphatic rings. The van der Waals surface area contributed by atoms with Gasteiger partial charge in [0.1, 0.15) is 5.76 Å². The predicted octanol–water partition coefficient (Wildman–Crippen LogP) is 3.61. The van der Waals surface area contributed by atoms with Crippen LogP contribution in [0, 0.1) is 0 Å². The number of amides is 1. The molecule has 6 heteroatoms. The Morgan fingerprint density at radius 3 is 3.00 bits per heavy atom. The number of nitrogens with one attached hydrogen (secondary N) is 1. The van der Waals surface area contributed by atoms with Crippen molar-refractivity contribution in [1.29, 1.82) is 0 Å². The number of rotatable bonds is 7. The molecule has 2 aromatic heterocycles. The number of nitrogens with zero attached hydrogens (tertiary/aromatic N) is 2. The van der Waals surface area contributed by atoms with E-state index in [2.05, 4.69) is 21.4 Å². The number of benzene rings is 1. The van der Waals surface area contributed by atoms with Crippen LogP contribution in [0.5, 0.6) is 0 Å². The van der Waals surface area contributed by atoms with Gasteiger partial charge < -0.3 is 14.3 Å². The molecule has 1 N–H and O–H groups in total. The van der Waals surface area contributed by atoms with E-state index in [0.29, 0.717) is 13.1 Å². The zero-order valence-electron chi connectivity index (χ0n) is 13.4. The number of fused-ring (bicyclic) bond motifs is 1. The fourth-order valence-electron chi connectivity index (χ4n) is 2.39. The van der Waals surface area contributed by atoms with Crippen LogP contribution >= 0.6 is 11.8 Å². The molecule has 0 saturated carbocycles. The third-order valence-corrected chi connectivity index (χ3v) is 4.69. The Labute approximate surface area is 144 Å². The first-order chi connectivity index (χ1) is 11.7. The first-order valence-corrected chi connectivity index (χ1v) is 8.60. The maximum Gasteiger partial charge on any atom is 0.233 e. The number of hydrogen-bond acceptors (Lipinski definition) is 4. The first-order valence-electron chi connectivity index (χ1n) is 7.72. The lowest BCUT2D eigenvalue weighted by Crippen LogP contribution is -2.30. The van der Waals surface area contributed by atoms with Crippen molar-refractivity contribution in [1.82, 2.24) is 14.9 Å². The van der Waals surface area contributed by atoms with Crippen LogP contribution < -0.4 is 5.32 Å². The lowest BCUT2D eigenvalue weighted by Gasteiger charge is -2.12. The van der Waals surface area contributed by atoms with Gasteiger partial charge in [0.2, 0.25) is 5.91 Å². The Morgan fingerprint density at radius 2 is 2.25 bits per heavy atom. The molecule has 3 rings (SSSR count). The average molecular weight is 341 g/mol. The molecule has 0 aliphatic carbocycles. The second-order valence-corrected chi connectivity index (χ2v) is 6.65. The summed E-state index contributed by atoms with van der Waals surface area (Å²) in [6.07, 6.45) is 3.43. The molecular formula is C18H19N3O2S. The van der Waals surface area contributed by atoms with Crippen LogP contribution in [0.4, 0.5) is 0 Å². The van der Waals surface area contributed by atoms with E-state index < -0.39 is 0 Å². The molecular weight excluding hydrogens is 322 g/mol. The maximum atomic E-state index is 12.3. The van der Waals surface area contributed by atoms with Gasteiger partial charge >= 0.3 is 0 Å². The highest BCUT2D eigenvalue weighted by Crippen LogP contribution is 2.27.